The van der Waals surface area contributed by atoms with E-state index in [4.69, 9.17) is 0 Å². The number of aryl methyl sites for hydroxylation is 2. The lowest BCUT2D eigenvalue weighted by molar-refractivity contribution is -0.403. The van der Waals surface area contributed by atoms with Crippen molar-refractivity contribution < 1.29 is 14.5 Å². The Morgan fingerprint density at radius 3 is 2.50 bits per heavy atom. The van der Waals surface area contributed by atoms with Crippen LogP contribution >= 0.6 is 11.3 Å². The summed E-state index contributed by atoms with van der Waals surface area (Å²) in [6.45, 7) is 2.73. The third-order valence-electron chi connectivity index (χ3n) is 7.67. The summed E-state index contributed by atoms with van der Waals surface area (Å²) in [6.07, 6.45) is 9.56. The monoisotopic (exact) mass is 506 g/mol. The van der Waals surface area contributed by atoms with Gasteiger partial charge in [0, 0.05) is 34.2 Å². The van der Waals surface area contributed by atoms with E-state index in [0.29, 0.717) is 31.7 Å². The van der Waals surface area contributed by atoms with Crippen LogP contribution in [0.1, 0.15) is 75.3 Å². The van der Waals surface area contributed by atoms with Gasteiger partial charge in [0.05, 0.1) is 10.5 Å². The van der Waals surface area contributed by atoms with Gasteiger partial charge in [-0.3, -0.25) is 19.7 Å². The third kappa shape index (κ3) is 6.30. The van der Waals surface area contributed by atoms with E-state index in [0.717, 1.165) is 59.2 Å². The molecule has 1 heterocycles. The highest BCUT2D eigenvalue weighted by atomic mass is 32.1. The summed E-state index contributed by atoms with van der Waals surface area (Å²) in [4.78, 5) is 39.2. The standard InChI is InChI=1S/C29H34N2O4S/c1-18-2-4-19(5-3-18)12-22(17-31(34)35)13-21-8-11-26-24(14-21)28(29(33)30-16-20-6-7-20)27(36-26)15-25(32)23-9-10-23/h2-5,17,20-21,23H,6-16H2,1H3,(H,30,33). The number of rotatable bonds is 11. The molecule has 1 amide bonds. The molecule has 0 radical (unpaired) electrons. The van der Waals surface area contributed by atoms with Crippen molar-refractivity contribution in [3.8, 4) is 0 Å². The van der Waals surface area contributed by atoms with Crippen molar-refractivity contribution in [3.63, 3.8) is 0 Å². The van der Waals surface area contributed by atoms with E-state index in [2.05, 4.69) is 5.32 Å². The molecule has 5 rings (SSSR count). The van der Waals surface area contributed by atoms with Crippen molar-refractivity contribution in [3.05, 3.63) is 78.2 Å². The molecule has 0 bridgehead atoms. The number of fused-ring (bicyclic) bond motifs is 1. The first-order chi connectivity index (χ1) is 17.4. The summed E-state index contributed by atoms with van der Waals surface area (Å²) in [5.74, 6) is 1.22. The molecule has 1 aromatic heterocycles. The van der Waals surface area contributed by atoms with Crippen LogP contribution in [0.2, 0.25) is 0 Å². The second kappa shape index (κ2) is 10.7. The number of Topliss-reactive ketones (excluding diaryl/α,β-unsaturated/α-hetero) is 1. The maximum absolute atomic E-state index is 13.3. The maximum Gasteiger partial charge on any atom is 0.252 e. The first-order valence-electron chi connectivity index (χ1n) is 13.2. The SMILES string of the molecule is Cc1ccc(CC(=C[N+](=O)[O-])CC2CCc3sc(CC(=O)C4CC4)c(C(=O)NCC4CC4)c3C2)cc1. The predicted molar refractivity (Wildman–Crippen MR) is 141 cm³/mol. The normalized spacial score (nSPS) is 19.6. The van der Waals surface area contributed by atoms with Gasteiger partial charge in [-0.05, 0) is 87.7 Å². The van der Waals surface area contributed by atoms with E-state index in [1.54, 1.807) is 11.3 Å². The van der Waals surface area contributed by atoms with Crippen LogP contribution in [0.4, 0.5) is 0 Å². The Balaban J connectivity index is 1.35. The van der Waals surface area contributed by atoms with Crippen molar-refractivity contribution in [2.75, 3.05) is 6.54 Å². The van der Waals surface area contributed by atoms with Gasteiger partial charge in [0.2, 0.25) is 6.20 Å². The fourth-order valence-corrected chi connectivity index (χ4v) is 6.65. The highest BCUT2D eigenvalue weighted by Crippen LogP contribution is 2.40. The quantitative estimate of drug-likeness (QED) is 0.317. The molecule has 190 valence electrons. The number of thiophene rings is 1. The third-order valence-corrected chi connectivity index (χ3v) is 8.96. The smallest absolute Gasteiger partial charge is 0.252 e. The summed E-state index contributed by atoms with van der Waals surface area (Å²) in [6, 6.07) is 8.14. The van der Waals surface area contributed by atoms with Crippen LogP contribution < -0.4 is 5.32 Å². The average Bonchev–Trinajstić information content (AvgIpc) is 3.75. The minimum atomic E-state index is -0.347. The van der Waals surface area contributed by atoms with Gasteiger partial charge in [-0.25, -0.2) is 0 Å². The lowest BCUT2D eigenvalue weighted by Crippen LogP contribution is -2.28. The highest BCUT2D eigenvalue weighted by molar-refractivity contribution is 7.12. The lowest BCUT2D eigenvalue weighted by atomic mass is 9.81. The molecular formula is C29H34N2O4S. The molecule has 7 heteroatoms. The van der Waals surface area contributed by atoms with Crippen molar-refractivity contribution in [1.29, 1.82) is 0 Å². The van der Waals surface area contributed by atoms with Gasteiger partial charge in [0.1, 0.15) is 5.78 Å². The van der Waals surface area contributed by atoms with Crippen LogP contribution in [0.15, 0.2) is 36.0 Å². The second-order valence-electron chi connectivity index (χ2n) is 10.9. The Bertz CT molecular complexity index is 1190. The summed E-state index contributed by atoms with van der Waals surface area (Å²) >= 11 is 1.64. The molecule has 2 saturated carbocycles. The van der Waals surface area contributed by atoms with Crippen LogP contribution in [-0.4, -0.2) is 23.2 Å². The Morgan fingerprint density at radius 1 is 1.08 bits per heavy atom. The average molecular weight is 507 g/mol. The molecule has 36 heavy (non-hydrogen) atoms. The van der Waals surface area contributed by atoms with E-state index < -0.39 is 0 Å². The van der Waals surface area contributed by atoms with Crippen LogP contribution in [0.5, 0.6) is 0 Å². The van der Waals surface area contributed by atoms with Crippen LogP contribution in [0, 0.1) is 34.8 Å². The Kier molecular flexibility index (Phi) is 7.37. The molecule has 1 atom stereocenters. The fourth-order valence-electron chi connectivity index (χ4n) is 5.29. The lowest BCUT2D eigenvalue weighted by Gasteiger charge is -2.24. The number of allylic oxidation sites excluding steroid dienone is 1. The zero-order chi connectivity index (χ0) is 25.2. The number of nitrogens with one attached hydrogen (secondary N) is 1. The fraction of sp³-hybridized carbons (Fsp3) is 0.517. The molecule has 2 aromatic rings. The van der Waals surface area contributed by atoms with Gasteiger partial charge in [0.25, 0.3) is 5.91 Å². The summed E-state index contributed by atoms with van der Waals surface area (Å²) in [7, 11) is 0. The Hall–Kier alpha value is -2.80. The predicted octanol–water partition coefficient (Wildman–Crippen LogP) is 5.62. The summed E-state index contributed by atoms with van der Waals surface area (Å²) < 4.78 is 0. The topological polar surface area (TPSA) is 89.3 Å². The van der Waals surface area contributed by atoms with Gasteiger partial charge in [-0.15, -0.1) is 11.3 Å². The van der Waals surface area contributed by atoms with Crippen molar-refractivity contribution >= 4 is 23.0 Å². The number of nitrogens with zero attached hydrogens (tertiary/aromatic N) is 1. The van der Waals surface area contributed by atoms with Crippen LogP contribution in [0.25, 0.3) is 0 Å². The van der Waals surface area contributed by atoms with Crippen LogP contribution in [-0.2, 0) is 30.5 Å². The molecule has 0 aliphatic heterocycles. The number of hydrogen-bond acceptors (Lipinski definition) is 5. The number of carbonyl (C=O) groups is 2. The molecule has 1 unspecified atom stereocenters. The minimum absolute atomic E-state index is 0.0423. The number of ketones is 1. The molecular weight excluding hydrogens is 472 g/mol. The molecule has 3 aliphatic rings. The van der Waals surface area contributed by atoms with Gasteiger partial charge in [-0.2, -0.15) is 0 Å². The first-order valence-corrected chi connectivity index (χ1v) is 14.0. The van der Waals surface area contributed by atoms with E-state index >= 15 is 0 Å². The summed E-state index contributed by atoms with van der Waals surface area (Å²) in [5, 5.41) is 14.5. The van der Waals surface area contributed by atoms with Crippen LogP contribution in [0.3, 0.4) is 0 Å². The molecule has 3 aliphatic carbocycles. The van der Waals surface area contributed by atoms with Crippen molar-refractivity contribution in [2.45, 2.75) is 71.1 Å². The number of nitro groups is 1. The van der Waals surface area contributed by atoms with Crippen molar-refractivity contribution in [1.82, 2.24) is 5.32 Å². The van der Waals surface area contributed by atoms with E-state index in [9.17, 15) is 19.7 Å². The largest absolute Gasteiger partial charge is 0.352 e. The van der Waals surface area contributed by atoms with E-state index in [1.165, 1.54) is 29.5 Å². The molecule has 0 spiro atoms. The van der Waals surface area contributed by atoms with Gasteiger partial charge in [0.15, 0.2) is 0 Å². The first kappa shape index (κ1) is 24.9. The molecule has 6 nitrogen and oxygen atoms in total. The Morgan fingerprint density at radius 2 is 1.83 bits per heavy atom. The van der Waals surface area contributed by atoms with Crippen molar-refractivity contribution in [2.24, 2.45) is 17.8 Å². The van der Waals surface area contributed by atoms with Gasteiger partial charge < -0.3 is 5.32 Å². The summed E-state index contributed by atoms with van der Waals surface area (Å²) in [5.41, 5.74) is 4.86. The maximum atomic E-state index is 13.3. The van der Waals surface area contributed by atoms with E-state index in [1.807, 2.05) is 31.2 Å². The zero-order valence-electron chi connectivity index (χ0n) is 20.9. The number of amides is 1. The zero-order valence-corrected chi connectivity index (χ0v) is 21.7. The number of benzene rings is 1. The van der Waals surface area contributed by atoms with Gasteiger partial charge >= 0.3 is 0 Å². The highest BCUT2D eigenvalue weighted by Gasteiger charge is 2.34. The molecule has 1 N–H and O–H groups in total. The molecule has 2 fully saturated rings. The molecule has 1 aromatic carbocycles. The minimum Gasteiger partial charge on any atom is -0.352 e. The molecule has 0 saturated heterocycles. The Labute approximate surface area is 216 Å². The van der Waals surface area contributed by atoms with Gasteiger partial charge in [-0.1, -0.05) is 29.8 Å². The second-order valence-corrected chi connectivity index (χ2v) is 12.1. The van der Waals surface area contributed by atoms with E-state index in [-0.39, 0.29) is 28.4 Å². The number of hydrogen-bond donors (Lipinski definition) is 1. The number of carbonyl (C=O) groups excluding carboxylic acids is 2.